The van der Waals surface area contributed by atoms with Gasteiger partial charge in [0.25, 0.3) is 0 Å². The predicted octanol–water partition coefficient (Wildman–Crippen LogP) is 0.592. The van der Waals surface area contributed by atoms with Gasteiger partial charge in [0, 0.05) is 6.54 Å². The molecule has 0 heterocycles. The van der Waals surface area contributed by atoms with Gasteiger partial charge < -0.3 is 5.73 Å². The van der Waals surface area contributed by atoms with Crippen LogP contribution in [0.3, 0.4) is 0 Å². The third-order valence-corrected chi connectivity index (χ3v) is 3.33. The van der Waals surface area contributed by atoms with E-state index in [1.165, 1.54) is 0 Å². The monoisotopic (exact) mass is 250 g/mol. The highest BCUT2D eigenvalue weighted by Gasteiger charge is 2.18. The Morgan fingerprint density at radius 2 is 2.00 bits per heavy atom. The number of hydrogen-bond donors (Lipinski definition) is 2. The van der Waals surface area contributed by atoms with Gasteiger partial charge in [0.05, 0.1) is 0 Å². The molecule has 1 aromatic carbocycles. The molecule has 0 aromatic heterocycles. The highest BCUT2D eigenvalue weighted by molar-refractivity contribution is 7.89. The second-order valence-corrected chi connectivity index (χ2v) is 4.85. The third kappa shape index (κ3) is 3.22. The van der Waals surface area contributed by atoms with E-state index in [-0.39, 0.29) is 6.54 Å². The van der Waals surface area contributed by atoms with E-state index in [1.807, 2.05) is 0 Å². The summed E-state index contributed by atoms with van der Waals surface area (Å²) in [5, 5.41) is 0. The maximum Gasteiger partial charge on any atom is 0.243 e. The van der Waals surface area contributed by atoms with Gasteiger partial charge in [-0.2, -0.15) is 0 Å². The van der Waals surface area contributed by atoms with Crippen molar-refractivity contribution in [2.24, 2.45) is 5.73 Å². The summed E-state index contributed by atoms with van der Waals surface area (Å²) in [6, 6.07) is 2.27. The number of rotatable bonds is 5. The van der Waals surface area contributed by atoms with Gasteiger partial charge in [0.15, 0.2) is 0 Å². The molecule has 0 bridgehead atoms. The Hall–Kier alpha value is -1.05. The largest absolute Gasteiger partial charge is 0.330 e. The third-order valence-electron chi connectivity index (χ3n) is 1.86. The van der Waals surface area contributed by atoms with E-state index in [2.05, 4.69) is 4.72 Å². The summed E-state index contributed by atoms with van der Waals surface area (Å²) >= 11 is 0. The fourth-order valence-electron chi connectivity index (χ4n) is 1.07. The van der Waals surface area contributed by atoms with Crippen LogP contribution in [0, 0.1) is 11.6 Å². The topological polar surface area (TPSA) is 72.2 Å². The molecule has 0 radical (unpaired) electrons. The molecule has 1 aromatic rings. The quantitative estimate of drug-likeness (QED) is 0.751. The minimum Gasteiger partial charge on any atom is -0.330 e. The van der Waals surface area contributed by atoms with Crippen LogP contribution in [-0.2, 0) is 10.0 Å². The number of hydrogen-bond acceptors (Lipinski definition) is 3. The maximum atomic E-state index is 13.2. The van der Waals surface area contributed by atoms with Crippen molar-refractivity contribution < 1.29 is 17.2 Å². The van der Waals surface area contributed by atoms with Crippen LogP contribution in [0.5, 0.6) is 0 Å². The fourth-order valence-corrected chi connectivity index (χ4v) is 2.23. The molecule has 0 aliphatic heterocycles. The van der Waals surface area contributed by atoms with Crippen LogP contribution in [0.2, 0.25) is 0 Å². The SMILES string of the molecule is NCCCNS(=O)(=O)c1cc(F)ccc1F. The molecule has 0 atom stereocenters. The zero-order chi connectivity index (χ0) is 12.2. The first-order valence-corrected chi connectivity index (χ1v) is 6.10. The molecular formula is C9H12F2N2O2S. The van der Waals surface area contributed by atoms with E-state index in [4.69, 9.17) is 5.73 Å². The van der Waals surface area contributed by atoms with Crippen LogP contribution >= 0.6 is 0 Å². The van der Waals surface area contributed by atoms with Crippen LogP contribution in [0.4, 0.5) is 8.78 Å². The Bertz CT molecular complexity index is 463. The summed E-state index contributed by atoms with van der Waals surface area (Å²) in [4.78, 5) is -0.690. The second kappa shape index (κ2) is 5.33. The average molecular weight is 250 g/mol. The van der Waals surface area contributed by atoms with Crippen LogP contribution in [0.25, 0.3) is 0 Å². The first-order chi connectivity index (χ1) is 7.47. The van der Waals surface area contributed by atoms with Gasteiger partial charge in [-0.15, -0.1) is 0 Å². The van der Waals surface area contributed by atoms with Gasteiger partial charge in [-0.1, -0.05) is 0 Å². The number of halogens is 2. The van der Waals surface area contributed by atoms with Gasteiger partial charge in [0.2, 0.25) is 10.0 Å². The Kier molecular flexibility index (Phi) is 4.34. The Morgan fingerprint density at radius 1 is 1.31 bits per heavy atom. The lowest BCUT2D eigenvalue weighted by Crippen LogP contribution is -2.27. The van der Waals surface area contributed by atoms with Gasteiger partial charge in [-0.25, -0.2) is 21.9 Å². The van der Waals surface area contributed by atoms with E-state index < -0.39 is 26.6 Å². The summed E-state index contributed by atoms with van der Waals surface area (Å²) in [6.07, 6.45) is 0.427. The lowest BCUT2D eigenvalue weighted by molar-refractivity contribution is 0.545. The maximum absolute atomic E-state index is 13.2. The summed E-state index contributed by atoms with van der Waals surface area (Å²) in [5.74, 6) is -1.79. The average Bonchev–Trinajstić information content (AvgIpc) is 2.22. The highest BCUT2D eigenvalue weighted by atomic mass is 32.2. The van der Waals surface area contributed by atoms with Crippen molar-refractivity contribution in [2.75, 3.05) is 13.1 Å². The molecule has 0 spiro atoms. The minimum absolute atomic E-state index is 0.0921. The van der Waals surface area contributed by atoms with E-state index in [1.54, 1.807) is 0 Å². The zero-order valence-corrected chi connectivity index (χ0v) is 9.23. The standard InChI is InChI=1S/C9H12F2N2O2S/c10-7-2-3-8(11)9(6-7)16(14,15)13-5-1-4-12/h2-3,6,13H,1,4-5,12H2. The summed E-state index contributed by atoms with van der Waals surface area (Å²) < 4.78 is 51.1. The smallest absolute Gasteiger partial charge is 0.243 e. The molecule has 0 unspecified atom stereocenters. The van der Waals surface area contributed by atoms with E-state index in [0.29, 0.717) is 19.0 Å². The molecule has 0 saturated carbocycles. The van der Waals surface area contributed by atoms with Crippen LogP contribution in [-0.4, -0.2) is 21.5 Å². The lowest BCUT2D eigenvalue weighted by atomic mass is 10.3. The predicted molar refractivity (Wildman–Crippen MR) is 55.2 cm³/mol. The fraction of sp³-hybridized carbons (Fsp3) is 0.333. The molecule has 16 heavy (non-hydrogen) atoms. The van der Waals surface area contributed by atoms with Gasteiger partial charge in [0.1, 0.15) is 16.5 Å². The number of benzene rings is 1. The summed E-state index contributed by atoms with van der Waals surface area (Å²) in [7, 11) is -4.01. The first kappa shape index (κ1) is 13.0. The van der Waals surface area contributed by atoms with Crippen molar-refractivity contribution in [3.63, 3.8) is 0 Å². The van der Waals surface area contributed by atoms with E-state index >= 15 is 0 Å². The van der Waals surface area contributed by atoms with E-state index in [0.717, 1.165) is 12.1 Å². The van der Waals surface area contributed by atoms with Crippen LogP contribution in [0.1, 0.15) is 6.42 Å². The second-order valence-electron chi connectivity index (χ2n) is 3.11. The Balaban J connectivity index is 2.93. The molecule has 0 amide bonds. The molecule has 90 valence electrons. The number of nitrogens with one attached hydrogen (secondary N) is 1. The van der Waals surface area contributed by atoms with Crippen LogP contribution in [0.15, 0.2) is 23.1 Å². The van der Waals surface area contributed by atoms with Crippen molar-refractivity contribution >= 4 is 10.0 Å². The minimum atomic E-state index is -4.01. The van der Waals surface area contributed by atoms with Gasteiger partial charge in [-0.05, 0) is 31.2 Å². The molecule has 0 saturated heterocycles. The molecule has 0 aliphatic carbocycles. The lowest BCUT2D eigenvalue weighted by Gasteiger charge is -2.06. The Labute approximate surface area is 92.5 Å². The Morgan fingerprint density at radius 3 is 2.62 bits per heavy atom. The zero-order valence-electron chi connectivity index (χ0n) is 8.41. The van der Waals surface area contributed by atoms with Crippen molar-refractivity contribution in [1.29, 1.82) is 0 Å². The molecule has 3 N–H and O–H groups in total. The molecule has 4 nitrogen and oxygen atoms in total. The van der Waals surface area contributed by atoms with E-state index in [9.17, 15) is 17.2 Å². The molecule has 0 aliphatic rings. The molecular weight excluding hydrogens is 238 g/mol. The highest BCUT2D eigenvalue weighted by Crippen LogP contribution is 2.15. The first-order valence-electron chi connectivity index (χ1n) is 4.62. The number of sulfonamides is 1. The van der Waals surface area contributed by atoms with Crippen molar-refractivity contribution in [1.82, 2.24) is 4.72 Å². The normalized spacial score (nSPS) is 11.7. The van der Waals surface area contributed by atoms with Crippen molar-refractivity contribution in [3.05, 3.63) is 29.8 Å². The number of nitrogens with two attached hydrogens (primary N) is 1. The summed E-state index contributed by atoms with van der Waals surface area (Å²) in [5.41, 5.74) is 5.18. The van der Waals surface area contributed by atoms with Gasteiger partial charge in [-0.3, -0.25) is 0 Å². The molecule has 0 fully saturated rings. The molecule has 1 rings (SSSR count). The van der Waals surface area contributed by atoms with Crippen molar-refractivity contribution in [3.8, 4) is 0 Å². The molecule has 7 heteroatoms. The van der Waals surface area contributed by atoms with Crippen molar-refractivity contribution in [2.45, 2.75) is 11.3 Å². The van der Waals surface area contributed by atoms with Gasteiger partial charge >= 0.3 is 0 Å². The summed E-state index contributed by atoms with van der Waals surface area (Å²) in [6.45, 7) is 0.406. The van der Waals surface area contributed by atoms with Crippen LogP contribution < -0.4 is 10.5 Å².